The summed E-state index contributed by atoms with van der Waals surface area (Å²) in [6, 6.07) is 2.07. The fraction of sp³-hybridized carbons (Fsp3) is 0.625. The van der Waals surface area contributed by atoms with Crippen LogP contribution in [0.25, 0.3) is 0 Å². The van der Waals surface area contributed by atoms with Gasteiger partial charge in [-0.15, -0.1) is 11.3 Å². The van der Waals surface area contributed by atoms with E-state index in [-0.39, 0.29) is 6.61 Å². The van der Waals surface area contributed by atoms with Crippen molar-refractivity contribution in [1.82, 2.24) is 4.90 Å². The Balaban J connectivity index is 1.86. The molecule has 0 spiro atoms. The van der Waals surface area contributed by atoms with Crippen LogP contribution in [0.4, 0.5) is 0 Å². The molecule has 0 saturated carbocycles. The fourth-order valence-corrected chi connectivity index (χ4v) is 3.40. The molecule has 0 aromatic carbocycles. The Kier molecular flexibility index (Phi) is 6.55. The van der Waals surface area contributed by atoms with E-state index >= 15 is 0 Å². The van der Waals surface area contributed by atoms with Gasteiger partial charge in [0.15, 0.2) is 0 Å². The second-order valence-electron chi connectivity index (χ2n) is 5.31. The van der Waals surface area contributed by atoms with Crippen LogP contribution in [0.2, 0.25) is 0 Å². The van der Waals surface area contributed by atoms with Crippen LogP contribution in [0.3, 0.4) is 0 Å². The molecule has 1 unspecified atom stereocenters. The van der Waals surface area contributed by atoms with Gasteiger partial charge in [0.2, 0.25) is 0 Å². The molecule has 1 atom stereocenters. The minimum absolute atomic E-state index is 0.133. The van der Waals surface area contributed by atoms with Crippen molar-refractivity contribution in [1.29, 1.82) is 0 Å². The molecule has 1 aromatic rings. The van der Waals surface area contributed by atoms with Crippen LogP contribution in [0.1, 0.15) is 29.7 Å². The maximum absolute atomic E-state index is 8.77. The summed E-state index contributed by atoms with van der Waals surface area (Å²) in [6.07, 6.45) is 3.01. The maximum Gasteiger partial charge on any atom is 0.0540 e. The largest absolute Gasteiger partial charge is 0.395 e. The van der Waals surface area contributed by atoms with E-state index in [1.165, 1.54) is 17.7 Å². The molecule has 1 fully saturated rings. The Hall–Kier alpha value is -0.860. The second-order valence-corrected chi connectivity index (χ2v) is 6.31. The first-order chi connectivity index (χ1) is 9.79. The molecule has 2 heterocycles. The van der Waals surface area contributed by atoms with Gasteiger partial charge in [0, 0.05) is 36.6 Å². The second kappa shape index (κ2) is 8.43. The maximum atomic E-state index is 8.77. The van der Waals surface area contributed by atoms with Crippen LogP contribution in [-0.4, -0.2) is 43.4 Å². The first kappa shape index (κ1) is 15.5. The lowest BCUT2D eigenvalue weighted by molar-refractivity contribution is 0.0412. The average molecular weight is 293 g/mol. The van der Waals surface area contributed by atoms with Gasteiger partial charge in [0.1, 0.15) is 0 Å². The summed E-state index contributed by atoms with van der Waals surface area (Å²) in [4.78, 5) is 3.68. The zero-order valence-electron chi connectivity index (χ0n) is 12.1. The number of aliphatic hydroxyl groups is 1. The van der Waals surface area contributed by atoms with Gasteiger partial charge >= 0.3 is 0 Å². The number of hydrogen-bond acceptors (Lipinski definition) is 4. The van der Waals surface area contributed by atoms with E-state index in [0.717, 1.165) is 31.9 Å². The zero-order chi connectivity index (χ0) is 14.2. The number of thiophene rings is 1. The Labute approximate surface area is 125 Å². The summed E-state index contributed by atoms with van der Waals surface area (Å²) in [5, 5.41) is 10.9. The first-order valence-corrected chi connectivity index (χ1v) is 8.10. The van der Waals surface area contributed by atoms with Crippen LogP contribution in [0, 0.1) is 17.8 Å². The third kappa shape index (κ3) is 4.92. The van der Waals surface area contributed by atoms with Crippen LogP contribution in [-0.2, 0) is 11.3 Å². The van der Waals surface area contributed by atoms with Gasteiger partial charge in [0.05, 0.1) is 13.2 Å². The van der Waals surface area contributed by atoms with Crippen LogP contribution >= 0.6 is 11.3 Å². The molecular formula is C16H23NO2S. The van der Waals surface area contributed by atoms with Crippen molar-refractivity contribution in [2.75, 3.05) is 33.4 Å². The Morgan fingerprint density at radius 2 is 2.45 bits per heavy atom. The van der Waals surface area contributed by atoms with Gasteiger partial charge < -0.3 is 14.7 Å². The van der Waals surface area contributed by atoms with Crippen LogP contribution in [0.5, 0.6) is 0 Å². The van der Waals surface area contributed by atoms with Crippen molar-refractivity contribution >= 4 is 11.3 Å². The first-order valence-electron chi connectivity index (χ1n) is 7.22. The summed E-state index contributed by atoms with van der Waals surface area (Å²) >= 11 is 1.76. The highest BCUT2D eigenvalue weighted by molar-refractivity contribution is 7.10. The Morgan fingerprint density at radius 1 is 1.55 bits per heavy atom. The van der Waals surface area contributed by atoms with E-state index in [0.29, 0.717) is 12.3 Å². The topological polar surface area (TPSA) is 32.7 Å². The minimum Gasteiger partial charge on any atom is -0.395 e. The van der Waals surface area contributed by atoms with E-state index in [2.05, 4.69) is 35.2 Å². The number of nitrogens with zero attached hydrogens (tertiary/aromatic N) is 1. The summed E-state index contributed by atoms with van der Waals surface area (Å²) in [5.41, 5.74) is 1.11. The van der Waals surface area contributed by atoms with E-state index in [4.69, 9.17) is 9.84 Å². The quantitative estimate of drug-likeness (QED) is 0.846. The Bertz CT molecular complexity index is 455. The fourth-order valence-electron chi connectivity index (χ4n) is 2.49. The van der Waals surface area contributed by atoms with Crippen molar-refractivity contribution in [2.45, 2.75) is 25.8 Å². The van der Waals surface area contributed by atoms with Gasteiger partial charge in [-0.1, -0.05) is 11.8 Å². The van der Waals surface area contributed by atoms with Crippen LogP contribution in [0.15, 0.2) is 11.4 Å². The van der Waals surface area contributed by atoms with Gasteiger partial charge in [-0.05, 0) is 37.3 Å². The molecule has 1 saturated heterocycles. The molecule has 4 heteroatoms. The lowest BCUT2D eigenvalue weighted by Gasteiger charge is -2.26. The molecule has 1 aromatic heterocycles. The average Bonchev–Trinajstić information content (AvgIpc) is 2.87. The summed E-state index contributed by atoms with van der Waals surface area (Å²) < 4.78 is 5.54. The van der Waals surface area contributed by atoms with E-state index in [1.807, 2.05) is 0 Å². The van der Waals surface area contributed by atoms with Crippen molar-refractivity contribution in [2.24, 2.45) is 5.92 Å². The third-order valence-corrected chi connectivity index (χ3v) is 4.35. The number of rotatable bonds is 5. The molecule has 2 rings (SSSR count). The molecule has 0 amide bonds. The predicted molar refractivity (Wildman–Crippen MR) is 82.8 cm³/mol. The Morgan fingerprint density at radius 3 is 3.20 bits per heavy atom. The number of hydrogen-bond donors (Lipinski definition) is 1. The summed E-state index contributed by atoms with van der Waals surface area (Å²) in [7, 11) is 2.17. The predicted octanol–water partition coefficient (Wildman–Crippen LogP) is 2.34. The smallest absolute Gasteiger partial charge is 0.0540 e. The normalized spacial score (nSPS) is 18.9. The lowest BCUT2D eigenvalue weighted by Crippen LogP contribution is -2.30. The molecule has 20 heavy (non-hydrogen) atoms. The highest BCUT2D eigenvalue weighted by Crippen LogP contribution is 2.20. The third-order valence-electron chi connectivity index (χ3n) is 3.44. The van der Waals surface area contributed by atoms with E-state index < -0.39 is 0 Å². The molecule has 1 aliphatic rings. The molecule has 1 aliphatic heterocycles. The monoisotopic (exact) mass is 293 g/mol. The number of aliphatic hydroxyl groups excluding tert-OH is 1. The lowest BCUT2D eigenvalue weighted by atomic mass is 10.0. The van der Waals surface area contributed by atoms with Gasteiger partial charge in [-0.25, -0.2) is 0 Å². The van der Waals surface area contributed by atoms with Crippen molar-refractivity contribution in [3.8, 4) is 11.8 Å². The highest BCUT2D eigenvalue weighted by Gasteiger charge is 2.16. The molecular weight excluding hydrogens is 270 g/mol. The minimum atomic E-state index is 0.133. The molecule has 0 radical (unpaired) electrons. The van der Waals surface area contributed by atoms with Crippen molar-refractivity contribution < 1.29 is 9.84 Å². The molecule has 3 nitrogen and oxygen atoms in total. The van der Waals surface area contributed by atoms with Gasteiger partial charge in [-0.2, -0.15) is 0 Å². The van der Waals surface area contributed by atoms with Gasteiger partial charge in [-0.3, -0.25) is 0 Å². The van der Waals surface area contributed by atoms with E-state index in [1.54, 1.807) is 11.3 Å². The number of ether oxygens (including phenoxy) is 1. The standard InChI is InChI=1S/C16H23NO2S/c1-17(11-14-5-4-9-19-13-14)12-16-15(7-10-20-16)6-2-3-8-18/h7,10,14,18H,3-5,8-9,11-13H2,1H3. The van der Waals surface area contributed by atoms with E-state index in [9.17, 15) is 0 Å². The van der Waals surface area contributed by atoms with Crippen molar-refractivity contribution in [3.63, 3.8) is 0 Å². The zero-order valence-corrected chi connectivity index (χ0v) is 12.9. The molecule has 110 valence electrons. The molecule has 0 aliphatic carbocycles. The summed E-state index contributed by atoms with van der Waals surface area (Å²) in [5.74, 6) is 6.82. The van der Waals surface area contributed by atoms with Crippen molar-refractivity contribution in [3.05, 3.63) is 21.9 Å². The SMILES string of the molecule is CN(Cc1sccc1C#CCCO)CC1CCCOC1. The molecule has 1 N–H and O–H groups in total. The molecule has 0 bridgehead atoms. The summed E-state index contributed by atoms with van der Waals surface area (Å²) in [6.45, 7) is 3.99. The van der Waals surface area contributed by atoms with Crippen LogP contribution < -0.4 is 0 Å². The highest BCUT2D eigenvalue weighted by atomic mass is 32.1. The van der Waals surface area contributed by atoms with Gasteiger partial charge in [0.25, 0.3) is 0 Å².